The number of nitrogens with one attached hydrogen (secondary N) is 1. The maximum atomic E-state index is 14.1. The van der Waals surface area contributed by atoms with Gasteiger partial charge >= 0.3 is 0 Å². The number of hydrogen-bond donors (Lipinski definition) is 1. The van der Waals surface area contributed by atoms with E-state index in [1.165, 1.54) is 17.0 Å². The molecule has 8 nitrogen and oxygen atoms in total. The zero-order chi connectivity index (χ0) is 30.3. The fourth-order valence-corrected chi connectivity index (χ4v) is 5.86. The van der Waals surface area contributed by atoms with Gasteiger partial charge in [0.2, 0.25) is 11.8 Å². The second-order valence-electron chi connectivity index (χ2n) is 9.83. The van der Waals surface area contributed by atoms with Crippen LogP contribution in [0.15, 0.2) is 71.6 Å². The summed E-state index contributed by atoms with van der Waals surface area (Å²) in [5.74, 6) is -0.666. The minimum atomic E-state index is -4.22. The molecule has 3 rings (SSSR count). The van der Waals surface area contributed by atoms with Gasteiger partial charge < -0.3 is 15.0 Å². The molecule has 0 aliphatic carbocycles. The first-order chi connectivity index (χ1) is 19.3. The highest BCUT2D eigenvalue weighted by atomic mass is 35.5. The lowest BCUT2D eigenvalue weighted by Crippen LogP contribution is -2.52. The molecule has 3 aromatic carbocycles. The minimum absolute atomic E-state index is 0.00602. The average Bonchev–Trinajstić information content (AvgIpc) is 2.92. The van der Waals surface area contributed by atoms with Gasteiger partial charge in [-0.1, -0.05) is 59.1 Å². The van der Waals surface area contributed by atoms with Crippen molar-refractivity contribution in [2.75, 3.05) is 17.5 Å². The summed E-state index contributed by atoms with van der Waals surface area (Å²) < 4.78 is 34.8. The fraction of sp³-hybridized carbons (Fsp3) is 0.333. The molecule has 0 unspecified atom stereocenters. The summed E-state index contributed by atoms with van der Waals surface area (Å²) in [7, 11) is -4.22. The van der Waals surface area contributed by atoms with Crippen LogP contribution >= 0.6 is 23.2 Å². The highest BCUT2D eigenvalue weighted by Crippen LogP contribution is 2.33. The molecule has 3 aromatic rings. The Kier molecular flexibility index (Phi) is 11.1. The summed E-state index contributed by atoms with van der Waals surface area (Å²) >= 11 is 12.3. The van der Waals surface area contributed by atoms with Crippen LogP contribution in [0.1, 0.15) is 38.8 Å². The maximum absolute atomic E-state index is 14.1. The molecular weight excluding hydrogens is 585 g/mol. The molecule has 0 heterocycles. The van der Waals surface area contributed by atoms with Crippen molar-refractivity contribution in [2.24, 2.45) is 0 Å². The number of anilines is 1. The zero-order valence-corrected chi connectivity index (χ0v) is 26.1. The Labute approximate surface area is 252 Å². The second kappa shape index (κ2) is 14.1. The molecule has 0 bridgehead atoms. The Balaban J connectivity index is 2.09. The quantitative estimate of drug-likeness (QED) is 0.275. The normalized spacial score (nSPS) is 12.1. The van der Waals surface area contributed by atoms with Crippen molar-refractivity contribution in [1.29, 1.82) is 0 Å². The Bertz CT molecular complexity index is 1480. The van der Waals surface area contributed by atoms with Gasteiger partial charge in [-0.3, -0.25) is 13.9 Å². The van der Waals surface area contributed by atoms with Crippen LogP contribution in [0, 0.1) is 6.92 Å². The van der Waals surface area contributed by atoms with E-state index < -0.39 is 28.5 Å². The Hall–Kier alpha value is -3.27. The SMILES string of the molecule is CCOc1ccccc1N(CC(=O)N(Cc1ccc(Cl)c(Cl)c1)[C@@H](C)C(=O)NC(C)C)S(=O)(=O)c1ccc(C)cc1. The number of halogens is 2. The number of carbonyl (C=O) groups excluding carboxylic acids is 2. The number of aryl methyl sites for hydroxylation is 1. The predicted octanol–water partition coefficient (Wildman–Crippen LogP) is 5.84. The van der Waals surface area contributed by atoms with Crippen molar-refractivity contribution >= 4 is 50.7 Å². The number of nitrogens with zero attached hydrogens (tertiary/aromatic N) is 2. The second-order valence-corrected chi connectivity index (χ2v) is 12.5. The molecule has 41 heavy (non-hydrogen) atoms. The van der Waals surface area contributed by atoms with Crippen LogP contribution in [0.4, 0.5) is 5.69 Å². The molecule has 0 fully saturated rings. The molecule has 220 valence electrons. The van der Waals surface area contributed by atoms with Crippen molar-refractivity contribution in [3.8, 4) is 5.75 Å². The number of amides is 2. The zero-order valence-electron chi connectivity index (χ0n) is 23.7. The van der Waals surface area contributed by atoms with Gasteiger partial charge in [-0.15, -0.1) is 0 Å². The van der Waals surface area contributed by atoms with Gasteiger partial charge in [0.15, 0.2) is 0 Å². The van der Waals surface area contributed by atoms with Crippen LogP contribution in [-0.4, -0.2) is 50.4 Å². The number of carbonyl (C=O) groups is 2. The van der Waals surface area contributed by atoms with Gasteiger partial charge in [0.1, 0.15) is 18.3 Å². The number of rotatable bonds is 12. The number of para-hydroxylation sites is 2. The smallest absolute Gasteiger partial charge is 0.264 e. The van der Waals surface area contributed by atoms with Crippen LogP contribution in [0.25, 0.3) is 0 Å². The highest BCUT2D eigenvalue weighted by Gasteiger charge is 2.34. The fourth-order valence-electron chi connectivity index (χ4n) is 4.11. The van der Waals surface area contributed by atoms with E-state index in [2.05, 4.69) is 5.32 Å². The first-order valence-corrected chi connectivity index (χ1v) is 15.4. The molecule has 0 saturated carbocycles. The first kappa shape index (κ1) is 32.2. The summed E-state index contributed by atoms with van der Waals surface area (Å²) in [6.07, 6.45) is 0. The molecule has 0 aliphatic rings. The predicted molar refractivity (Wildman–Crippen MR) is 163 cm³/mol. The summed E-state index contributed by atoms with van der Waals surface area (Å²) in [5.41, 5.74) is 1.72. The van der Waals surface area contributed by atoms with Gasteiger partial charge in [-0.05, 0) is 76.6 Å². The minimum Gasteiger partial charge on any atom is -0.492 e. The lowest BCUT2D eigenvalue weighted by Gasteiger charge is -2.32. The first-order valence-electron chi connectivity index (χ1n) is 13.2. The van der Waals surface area contributed by atoms with E-state index in [-0.39, 0.29) is 29.1 Å². The Morgan fingerprint density at radius 1 is 0.951 bits per heavy atom. The Morgan fingerprint density at radius 3 is 2.22 bits per heavy atom. The standard InChI is InChI=1S/C30H35Cl2N3O5S/c1-6-40-28-10-8-7-9-27(28)35(41(38,39)24-14-11-21(4)12-15-24)19-29(36)34(22(5)30(37)33-20(2)3)18-23-13-16-25(31)26(32)17-23/h7-17,20,22H,6,18-19H2,1-5H3,(H,33,37)/t22-/m0/s1. The molecule has 1 N–H and O–H groups in total. The van der Waals surface area contributed by atoms with E-state index in [1.807, 2.05) is 20.8 Å². The van der Waals surface area contributed by atoms with E-state index in [9.17, 15) is 18.0 Å². The number of ether oxygens (including phenoxy) is 1. The molecule has 0 radical (unpaired) electrons. The van der Waals surface area contributed by atoms with E-state index >= 15 is 0 Å². The lowest BCUT2D eigenvalue weighted by molar-refractivity contribution is -0.139. The van der Waals surface area contributed by atoms with Crippen molar-refractivity contribution in [3.05, 3.63) is 87.9 Å². The van der Waals surface area contributed by atoms with Gasteiger partial charge in [0.25, 0.3) is 10.0 Å². The number of sulfonamides is 1. The van der Waals surface area contributed by atoms with Crippen molar-refractivity contribution in [1.82, 2.24) is 10.2 Å². The maximum Gasteiger partial charge on any atom is 0.264 e. The van der Waals surface area contributed by atoms with Gasteiger partial charge in [0.05, 0.1) is 27.2 Å². The van der Waals surface area contributed by atoms with Gasteiger partial charge in [0, 0.05) is 12.6 Å². The van der Waals surface area contributed by atoms with Crippen molar-refractivity contribution in [3.63, 3.8) is 0 Å². The van der Waals surface area contributed by atoms with Crippen LogP contribution in [0.3, 0.4) is 0 Å². The molecular formula is C30H35Cl2N3O5S. The van der Waals surface area contributed by atoms with Crippen LogP contribution in [-0.2, 0) is 26.2 Å². The molecule has 0 spiro atoms. The topological polar surface area (TPSA) is 96.0 Å². The third kappa shape index (κ3) is 8.15. The molecule has 11 heteroatoms. The van der Waals surface area contributed by atoms with Crippen molar-refractivity contribution < 1.29 is 22.7 Å². The van der Waals surface area contributed by atoms with E-state index in [0.717, 1.165) is 9.87 Å². The van der Waals surface area contributed by atoms with Crippen LogP contribution in [0.5, 0.6) is 5.75 Å². The third-order valence-corrected chi connectivity index (χ3v) is 8.77. The molecule has 0 aromatic heterocycles. The lowest BCUT2D eigenvalue weighted by atomic mass is 10.1. The van der Waals surface area contributed by atoms with Gasteiger partial charge in [-0.25, -0.2) is 8.42 Å². The average molecular weight is 621 g/mol. The number of benzene rings is 3. The highest BCUT2D eigenvalue weighted by molar-refractivity contribution is 7.92. The molecule has 2 amide bonds. The van der Waals surface area contributed by atoms with Crippen LogP contribution in [0.2, 0.25) is 10.0 Å². The third-order valence-electron chi connectivity index (χ3n) is 6.26. The van der Waals surface area contributed by atoms with Gasteiger partial charge in [-0.2, -0.15) is 0 Å². The van der Waals surface area contributed by atoms with E-state index in [0.29, 0.717) is 28.0 Å². The van der Waals surface area contributed by atoms with Crippen molar-refractivity contribution in [2.45, 2.75) is 58.1 Å². The number of hydrogen-bond acceptors (Lipinski definition) is 5. The molecule has 1 atom stereocenters. The largest absolute Gasteiger partial charge is 0.492 e. The van der Waals surface area contributed by atoms with E-state index in [4.69, 9.17) is 27.9 Å². The summed E-state index contributed by atoms with van der Waals surface area (Å²) in [6.45, 7) is 8.57. The summed E-state index contributed by atoms with van der Waals surface area (Å²) in [5, 5.41) is 3.47. The monoisotopic (exact) mass is 619 g/mol. The summed E-state index contributed by atoms with van der Waals surface area (Å²) in [4.78, 5) is 28.5. The molecule has 0 aliphatic heterocycles. The van der Waals surface area contributed by atoms with Crippen LogP contribution < -0.4 is 14.4 Å². The summed E-state index contributed by atoms with van der Waals surface area (Å²) in [6, 6.07) is 16.8. The Morgan fingerprint density at radius 2 is 1.61 bits per heavy atom. The molecule has 0 saturated heterocycles. The van der Waals surface area contributed by atoms with E-state index in [1.54, 1.807) is 68.4 Å².